The normalized spacial score (nSPS) is 10.0. The van der Waals surface area contributed by atoms with Gasteiger partial charge in [0.1, 0.15) is 17.7 Å². The first-order chi connectivity index (χ1) is 10.6. The molecule has 0 bridgehead atoms. The van der Waals surface area contributed by atoms with Gasteiger partial charge in [-0.1, -0.05) is 12.1 Å². The molecule has 7 nitrogen and oxygen atoms in total. The summed E-state index contributed by atoms with van der Waals surface area (Å²) in [4.78, 5) is 30.6. The number of carboxylic acid groups (broad SMARTS) is 1. The van der Waals surface area contributed by atoms with Crippen LogP contribution in [0.25, 0.3) is 0 Å². The topological polar surface area (TPSA) is 101 Å². The first-order valence-electron chi connectivity index (χ1n) is 6.65. The largest absolute Gasteiger partial charge is 0.478 e. The van der Waals surface area contributed by atoms with Gasteiger partial charge in [0.2, 0.25) is 0 Å². The Morgan fingerprint density at radius 3 is 2.91 bits per heavy atom. The van der Waals surface area contributed by atoms with Crippen LogP contribution in [-0.2, 0) is 11.3 Å². The molecule has 1 aromatic heterocycles. The molecule has 114 valence electrons. The molecule has 0 atom stereocenters. The minimum Gasteiger partial charge on any atom is -0.478 e. The average molecular weight is 301 g/mol. The van der Waals surface area contributed by atoms with Gasteiger partial charge in [-0.2, -0.15) is 0 Å². The van der Waals surface area contributed by atoms with Gasteiger partial charge < -0.3 is 15.2 Å². The van der Waals surface area contributed by atoms with Crippen molar-refractivity contribution in [3.8, 4) is 0 Å². The van der Waals surface area contributed by atoms with Crippen molar-refractivity contribution in [1.29, 1.82) is 0 Å². The molecule has 2 aromatic rings. The lowest BCUT2D eigenvalue weighted by Crippen LogP contribution is -2.12. The predicted octanol–water partition coefficient (Wildman–Crippen LogP) is 1.96. The van der Waals surface area contributed by atoms with Crippen LogP contribution < -0.4 is 5.32 Å². The Balaban J connectivity index is 2.13. The summed E-state index contributed by atoms with van der Waals surface area (Å²) in [6.45, 7) is 2.30. The Morgan fingerprint density at radius 2 is 2.18 bits per heavy atom. The lowest BCUT2D eigenvalue weighted by atomic mass is 10.1. The van der Waals surface area contributed by atoms with Crippen molar-refractivity contribution in [2.75, 3.05) is 11.9 Å². The summed E-state index contributed by atoms with van der Waals surface area (Å²) in [5.41, 5.74) is 1.19. The van der Waals surface area contributed by atoms with Crippen LogP contribution in [0.4, 0.5) is 5.82 Å². The number of carbonyl (C=O) groups is 2. The van der Waals surface area contributed by atoms with E-state index in [4.69, 9.17) is 9.84 Å². The van der Waals surface area contributed by atoms with Crippen LogP contribution in [0.3, 0.4) is 0 Å². The van der Waals surface area contributed by atoms with E-state index in [0.717, 1.165) is 5.56 Å². The van der Waals surface area contributed by atoms with Crippen LogP contribution in [0.1, 0.15) is 33.2 Å². The second-order valence-corrected chi connectivity index (χ2v) is 4.36. The van der Waals surface area contributed by atoms with Crippen LogP contribution >= 0.6 is 0 Å². The number of carbonyl (C=O) groups excluding carboxylic acids is 1. The highest BCUT2D eigenvalue weighted by Crippen LogP contribution is 2.14. The van der Waals surface area contributed by atoms with Crippen LogP contribution in [0.15, 0.2) is 36.8 Å². The first kappa shape index (κ1) is 15.4. The highest BCUT2D eigenvalue weighted by Gasteiger charge is 2.14. The van der Waals surface area contributed by atoms with Crippen molar-refractivity contribution in [1.82, 2.24) is 9.97 Å². The van der Waals surface area contributed by atoms with Gasteiger partial charge in [0.15, 0.2) is 0 Å². The number of esters is 1. The molecular formula is C15H15N3O4. The summed E-state index contributed by atoms with van der Waals surface area (Å²) in [6.07, 6.45) is 2.69. The number of rotatable bonds is 6. The molecule has 2 N–H and O–H groups in total. The summed E-state index contributed by atoms with van der Waals surface area (Å²) in [7, 11) is 0. The van der Waals surface area contributed by atoms with Crippen LogP contribution in [0, 0.1) is 0 Å². The zero-order valence-corrected chi connectivity index (χ0v) is 11.9. The van der Waals surface area contributed by atoms with Gasteiger partial charge in [-0.05, 0) is 24.6 Å². The summed E-state index contributed by atoms with van der Waals surface area (Å²) >= 11 is 0. The van der Waals surface area contributed by atoms with Gasteiger partial charge in [-0.3, -0.25) is 0 Å². The van der Waals surface area contributed by atoms with E-state index in [-0.39, 0.29) is 17.7 Å². The van der Waals surface area contributed by atoms with Crippen molar-refractivity contribution in [3.63, 3.8) is 0 Å². The van der Waals surface area contributed by atoms with Crippen molar-refractivity contribution in [2.45, 2.75) is 13.5 Å². The molecule has 0 saturated heterocycles. The Hall–Kier alpha value is -2.96. The number of aromatic nitrogens is 2. The average Bonchev–Trinajstić information content (AvgIpc) is 2.53. The van der Waals surface area contributed by atoms with Crippen molar-refractivity contribution >= 4 is 17.8 Å². The molecule has 0 fully saturated rings. The molecule has 0 spiro atoms. The van der Waals surface area contributed by atoms with E-state index in [0.29, 0.717) is 12.4 Å². The SMILES string of the molecule is CCOC(=O)c1cncnc1NCc1cccc(C(=O)O)c1. The lowest BCUT2D eigenvalue weighted by Gasteiger charge is -2.10. The smallest absolute Gasteiger partial charge is 0.343 e. The summed E-state index contributed by atoms with van der Waals surface area (Å²) in [6, 6.07) is 6.51. The van der Waals surface area contributed by atoms with E-state index in [2.05, 4.69) is 15.3 Å². The number of carboxylic acids is 1. The molecule has 2 rings (SSSR count). The fourth-order valence-corrected chi connectivity index (χ4v) is 1.83. The molecule has 0 unspecified atom stereocenters. The fraction of sp³-hybridized carbons (Fsp3) is 0.200. The molecule has 1 heterocycles. The number of ether oxygens (including phenoxy) is 1. The zero-order valence-electron chi connectivity index (χ0n) is 11.9. The number of hydrogen-bond acceptors (Lipinski definition) is 6. The molecule has 22 heavy (non-hydrogen) atoms. The van der Waals surface area contributed by atoms with Crippen molar-refractivity contribution in [3.05, 3.63) is 53.5 Å². The number of anilines is 1. The number of hydrogen-bond donors (Lipinski definition) is 2. The molecule has 0 amide bonds. The van der Waals surface area contributed by atoms with E-state index in [1.165, 1.54) is 18.6 Å². The monoisotopic (exact) mass is 301 g/mol. The van der Waals surface area contributed by atoms with Crippen LogP contribution in [0.2, 0.25) is 0 Å². The fourth-order valence-electron chi connectivity index (χ4n) is 1.83. The standard InChI is InChI=1S/C15H15N3O4/c1-2-22-15(21)12-8-16-9-18-13(12)17-7-10-4-3-5-11(6-10)14(19)20/h3-6,8-9H,2,7H2,1H3,(H,19,20)(H,16,17,18). The summed E-state index contributed by atoms with van der Waals surface area (Å²) < 4.78 is 4.93. The maximum atomic E-state index is 11.8. The van der Waals surface area contributed by atoms with Crippen molar-refractivity contribution in [2.24, 2.45) is 0 Å². The molecule has 0 aliphatic rings. The Kier molecular flexibility index (Phi) is 5.02. The lowest BCUT2D eigenvalue weighted by molar-refractivity contribution is 0.0526. The molecule has 0 aliphatic heterocycles. The van der Waals surface area contributed by atoms with Gasteiger partial charge in [0.05, 0.1) is 12.2 Å². The van der Waals surface area contributed by atoms with Gasteiger partial charge in [-0.15, -0.1) is 0 Å². The first-order valence-corrected chi connectivity index (χ1v) is 6.65. The Morgan fingerprint density at radius 1 is 1.36 bits per heavy atom. The van der Waals surface area contributed by atoms with Gasteiger partial charge in [0, 0.05) is 12.7 Å². The molecule has 0 saturated carbocycles. The highest BCUT2D eigenvalue weighted by atomic mass is 16.5. The predicted molar refractivity (Wildman–Crippen MR) is 78.7 cm³/mol. The zero-order chi connectivity index (χ0) is 15.9. The minimum absolute atomic E-state index is 0.201. The van der Waals surface area contributed by atoms with Gasteiger partial charge in [0.25, 0.3) is 0 Å². The number of nitrogens with one attached hydrogen (secondary N) is 1. The quantitative estimate of drug-likeness (QED) is 0.786. The summed E-state index contributed by atoms with van der Waals surface area (Å²) in [5, 5.41) is 12.0. The van der Waals surface area contributed by atoms with Crippen LogP contribution in [0.5, 0.6) is 0 Å². The van der Waals surface area contributed by atoms with Gasteiger partial charge in [-0.25, -0.2) is 19.6 Å². The van der Waals surface area contributed by atoms with E-state index >= 15 is 0 Å². The maximum Gasteiger partial charge on any atom is 0.343 e. The van der Waals surface area contributed by atoms with E-state index in [9.17, 15) is 9.59 Å². The third-order valence-electron chi connectivity index (χ3n) is 2.84. The number of benzene rings is 1. The van der Waals surface area contributed by atoms with E-state index in [1.54, 1.807) is 25.1 Å². The number of aromatic carboxylic acids is 1. The second kappa shape index (κ2) is 7.16. The third kappa shape index (κ3) is 3.78. The minimum atomic E-state index is -0.990. The molecule has 7 heteroatoms. The van der Waals surface area contributed by atoms with E-state index in [1.807, 2.05) is 0 Å². The second-order valence-electron chi connectivity index (χ2n) is 4.36. The van der Waals surface area contributed by atoms with E-state index < -0.39 is 11.9 Å². The molecule has 0 aliphatic carbocycles. The summed E-state index contributed by atoms with van der Waals surface area (Å²) in [5.74, 6) is -1.16. The van der Waals surface area contributed by atoms with Gasteiger partial charge >= 0.3 is 11.9 Å². The Bertz CT molecular complexity index is 688. The Labute approximate surface area is 127 Å². The maximum absolute atomic E-state index is 11.8. The molecular weight excluding hydrogens is 286 g/mol. The molecule has 0 radical (unpaired) electrons. The number of nitrogens with zero attached hydrogens (tertiary/aromatic N) is 2. The van der Waals surface area contributed by atoms with Crippen LogP contribution in [-0.4, -0.2) is 33.6 Å². The third-order valence-corrected chi connectivity index (χ3v) is 2.84. The highest BCUT2D eigenvalue weighted by molar-refractivity contribution is 5.94. The molecule has 1 aromatic carbocycles. The van der Waals surface area contributed by atoms with Crippen molar-refractivity contribution < 1.29 is 19.4 Å².